The third-order valence-corrected chi connectivity index (χ3v) is 5.06. The Morgan fingerprint density at radius 3 is 2.67 bits per heavy atom. The fraction of sp³-hybridized carbons (Fsp3) is 0.125. The van der Waals surface area contributed by atoms with Crippen LogP contribution in [0.4, 0.5) is 0 Å². The smallest absolute Gasteiger partial charge is 0.251 e. The van der Waals surface area contributed by atoms with Crippen LogP contribution in [-0.4, -0.2) is 15.9 Å². The average Bonchev–Trinajstić information content (AvgIpc) is 2.73. The molecule has 0 atom stereocenters. The second-order valence-corrected chi connectivity index (χ2v) is 7.42. The van der Waals surface area contributed by atoms with Gasteiger partial charge in [-0.2, -0.15) is 0 Å². The molecule has 0 aliphatic carbocycles. The number of amides is 1. The molecule has 0 spiro atoms. The Hall–Kier alpha value is -3.44. The van der Waals surface area contributed by atoms with E-state index in [1.807, 2.05) is 56.3 Å². The first-order valence-electron chi connectivity index (χ1n) is 9.53. The molecular weight excluding hydrogens is 398 g/mol. The van der Waals surface area contributed by atoms with Crippen LogP contribution in [0.1, 0.15) is 27.0 Å². The molecule has 4 rings (SSSR count). The summed E-state index contributed by atoms with van der Waals surface area (Å²) in [6, 6.07) is 16.9. The number of ether oxygens (including phenoxy) is 1. The van der Waals surface area contributed by atoms with E-state index in [4.69, 9.17) is 16.3 Å². The Morgan fingerprint density at radius 1 is 1.00 bits per heavy atom. The number of rotatable bonds is 5. The molecule has 0 bridgehead atoms. The zero-order valence-corrected chi connectivity index (χ0v) is 17.4. The summed E-state index contributed by atoms with van der Waals surface area (Å²) in [7, 11) is 0. The van der Waals surface area contributed by atoms with Crippen molar-refractivity contribution >= 4 is 28.4 Å². The summed E-state index contributed by atoms with van der Waals surface area (Å²) < 4.78 is 6.19. The maximum absolute atomic E-state index is 12.8. The quantitative estimate of drug-likeness (QED) is 0.428. The highest BCUT2D eigenvalue weighted by molar-refractivity contribution is 6.29. The number of aromatic nitrogens is 2. The van der Waals surface area contributed by atoms with Crippen LogP contribution in [0.3, 0.4) is 0 Å². The highest BCUT2D eigenvalue weighted by Gasteiger charge is 2.14. The van der Waals surface area contributed by atoms with Crippen molar-refractivity contribution in [3.63, 3.8) is 0 Å². The lowest BCUT2D eigenvalue weighted by molar-refractivity contribution is 0.0950. The van der Waals surface area contributed by atoms with E-state index in [9.17, 15) is 4.79 Å². The molecule has 0 aliphatic rings. The number of benzene rings is 2. The van der Waals surface area contributed by atoms with Crippen molar-refractivity contribution in [2.24, 2.45) is 0 Å². The summed E-state index contributed by atoms with van der Waals surface area (Å²) >= 11 is 5.91. The molecular formula is C24H20ClN3O2. The minimum absolute atomic E-state index is 0.180. The van der Waals surface area contributed by atoms with Gasteiger partial charge in [0, 0.05) is 35.5 Å². The Bertz CT molecular complexity index is 1240. The second kappa shape index (κ2) is 8.51. The summed E-state index contributed by atoms with van der Waals surface area (Å²) in [5.74, 6) is 1.15. The molecule has 0 radical (unpaired) electrons. The zero-order chi connectivity index (χ0) is 21.1. The highest BCUT2D eigenvalue weighted by atomic mass is 35.5. The summed E-state index contributed by atoms with van der Waals surface area (Å²) in [6.07, 6.45) is 3.34. The van der Waals surface area contributed by atoms with Crippen molar-refractivity contribution < 1.29 is 9.53 Å². The Kier molecular flexibility index (Phi) is 5.63. The van der Waals surface area contributed by atoms with E-state index in [-0.39, 0.29) is 5.91 Å². The van der Waals surface area contributed by atoms with E-state index < -0.39 is 0 Å². The van der Waals surface area contributed by atoms with Gasteiger partial charge < -0.3 is 10.1 Å². The van der Waals surface area contributed by atoms with Gasteiger partial charge >= 0.3 is 0 Å². The lowest BCUT2D eigenvalue weighted by atomic mass is 10.1. The first-order chi connectivity index (χ1) is 14.5. The normalized spacial score (nSPS) is 10.8. The Morgan fingerprint density at radius 2 is 1.83 bits per heavy atom. The van der Waals surface area contributed by atoms with Gasteiger partial charge in [-0.05, 0) is 67.4 Å². The Balaban J connectivity index is 1.57. The first kappa shape index (κ1) is 19.9. The molecule has 0 fully saturated rings. The van der Waals surface area contributed by atoms with E-state index in [0.717, 1.165) is 27.6 Å². The van der Waals surface area contributed by atoms with Crippen LogP contribution in [0.2, 0.25) is 5.15 Å². The van der Waals surface area contributed by atoms with Crippen LogP contribution in [0, 0.1) is 13.8 Å². The monoisotopic (exact) mass is 417 g/mol. The molecule has 0 unspecified atom stereocenters. The molecule has 2 aromatic carbocycles. The van der Waals surface area contributed by atoms with Gasteiger partial charge in [0.25, 0.3) is 5.91 Å². The molecule has 1 amide bonds. The number of halogens is 1. The lowest BCUT2D eigenvalue weighted by Gasteiger charge is -2.14. The van der Waals surface area contributed by atoms with Crippen LogP contribution in [-0.2, 0) is 6.54 Å². The minimum atomic E-state index is -0.180. The van der Waals surface area contributed by atoms with Gasteiger partial charge in [0.1, 0.15) is 16.7 Å². The van der Waals surface area contributed by atoms with Gasteiger partial charge in [-0.1, -0.05) is 23.7 Å². The molecule has 2 aromatic heterocycles. The van der Waals surface area contributed by atoms with E-state index in [1.165, 1.54) is 0 Å². The van der Waals surface area contributed by atoms with Crippen LogP contribution >= 0.6 is 11.6 Å². The number of fused-ring (bicyclic) bond motifs is 1. The third kappa shape index (κ3) is 4.26. The number of nitrogens with zero attached hydrogens (tertiary/aromatic N) is 2. The molecule has 2 heterocycles. The van der Waals surface area contributed by atoms with E-state index in [1.54, 1.807) is 24.5 Å². The predicted molar refractivity (Wildman–Crippen MR) is 118 cm³/mol. The van der Waals surface area contributed by atoms with Gasteiger partial charge in [-0.15, -0.1) is 0 Å². The van der Waals surface area contributed by atoms with Gasteiger partial charge in [0.15, 0.2) is 0 Å². The van der Waals surface area contributed by atoms with Crippen molar-refractivity contribution in [1.29, 1.82) is 0 Å². The largest absolute Gasteiger partial charge is 0.456 e. The Labute approximate surface area is 179 Å². The van der Waals surface area contributed by atoms with Crippen molar-refractivity contribution in [3.8, 4) is 11.5 Å². The first-order valence-corrected chi connectivity index (χ1v) is 9.90. The topological polar surface area (TPSA) is 64.1 Å². The van der Waals surface area contributed by atoms with Gasteiger partial charge in [-0.25, -0.2) is 4.98 Å². The van der Waals surface area contributed by atoms with Crippen molar-refractivity contribution in [2.75, 3.05) is 0 Å². The van der Waals surface area contributed by atoms with Crippen molar-refractivity contribution in [1.82, 2.24) is 15.3 Å². The second-order valence-electron chi connectivity index (χ2n) is 7.03. The van der Waals surface area contributed by atoms with Gasteiger partial charge in [0.2, 0.25) is 0 Å². The predicted octanol–water partition coefficient (Wildman–Crippen LogP) is 5.62. The number of pyridine rings is 2. The summed E-state index contributed by atoms with van der Waals surface area (Å²) in [5.41, 5.74) is 4.21. The maximum Gasteiger partial charge on any atom is 0.251 e. The van der Waals surface area contributed by atoms with Crippen LogP contribution in [0.5, 0.6) is 11.5 Å². The summed E-state index contributed by atoms with van der Waals surface area (Å²) in [4.78, 5) is 21.1. The molecule has 1 N–H and O–H groups in total. The molecule has 0 saturated carbocycles. The molecule has 30 heavy (non-hydrogen) atoms. The summed E-state index contributed by atoms with van der Waals surface area (Å²) in [5, 5.41) is 4.24. The van der Waals surface area contributed by atoms with Gasteiger partial charge in [0.05, 0.1) is 5.52 Å². The molecule has 5 nitrogen and oxygen atoms in total. The minimum Gasteiger partial charge on any atom is -0.456 e. The van der Waals surface area contributed by atoms with Crippen molar-refractivity contribution in [2.45, 2.75) is 20.4 Å². The SMILES string of the molecule is Cc1ccc2c(Oc3cccc(C(=O)NCc4ccnc(Cl)c4)c3C)ccnc2c1. The fourth-order valence-electron chi connectivity index (χ4n) is 3.24. The van der Waals surface area contributed by atoms with E-state index in [2.05, 4.69) is 15.3 Å². The van der Waals surface area contributed by atoms with Crippen LogP contribution in [0.25, 0.3) is 10.9 Å². The van der Waals surface area contributed by atoms with Gasteiger partial charge in [-0.3, -0.25) is 9.78 Å². The zero-order valence-electron chi connectivity index (χ0n) is 16.6. The third-order valence-electron chi connectivity index (χ3n) is 4.85. The van der Waals surface area contributed by atoms with E-state index >= 15 is 0 Å². The van der Waals surface area contributed by atoms with Crippen LogP contribution < -0.4 is 10.1 Å². The molecule has 6 heteroatoms. The molecule has 150 valence electrons. The average molecular weight is 418 g/mol. The molecule has 0 saturated heterocycles. The number of aryl methyl sites for hydroxylation is 1. The maximum atomic E-state index is 12.8. The lowest BCUT2D eigenvalue weighted by Crippen LogP contribution is -2.23. The van der Waals surface area contributed by atoms with E-state index in [0.29, 0.717) is 28.8 Å². The standard InChI is InChI=1S/C24H20ClN3O2/c1-15-6-7-19-20(12-15)26-11-9-22(19)30-21-5-3-4-18(16(21)2)24(29)28-14-17-8-10-27-23(25)13-17/h3-13H,14H2,1-2H3,(H,28,29). The van der Waals surface area contributed by atoms with Crippen molar-refractivity contribution in [3.05, 3.63) is 94.4 Å². The number of hydrogen-bond donors (Lipinski definition) is 1. The summed E-state index contributed by atoms with van der Waals surface area (Å²) in [6.45, 7) is 4.27. The molecule has 0 aliphatic heterocycles. The number of hydrogen-bond acceptors (Lipinski definition) is 4. The number of carbonyl (C=O) groups is 1. The molecule has 4 aromatic rings. The number of nitrogens with one attached hydrogen (secondary N) is 1. The highest BCUT2D eigenvalue weighted by Crippen LogP contribution is 2.32. The fourth-order valence-corrected chi connectivity index (χ4v) is 3.44. The van der Waals surface area contributed by atoms with Crippen LogP contribution in [0.15, 0.2) is 67.0 Å². The number of carbonyl (C=O) groups excluding carboxylic acids is 1.